The molecular weight excluding hydrogens is 308 g/mol. The molecule has 1 atom stereocenters. The van der Waals surface area contributed by atoms with Crippen molar-refractivity contribution in [3.05, 3.63) is 34.9 Å². The third-order valence-electron chi connectivity index (χ3n) is 4.63. The van der Waals surface area contributed by atoms with Gasteiger partial charge in [-0.1, -0.05) is 12.1 Å². The van der Waals surface area contributed by atoms with Gasteiger partial charge in [0.2, 0.25) is 11.8 Å². The second-order valence-corrected chi connectivity index (χ2v) is 6.37. The molecule has 128 valence electrons. The summed E-state index contributed by atoms with van der Waals surface area (Å²) in [4.78, 5) is 39.8. The third-order valence-corrected chi connectivity index (χ3v) is 4.63. The van der Waals surface area contributed by atoms with Crippen LogP contribution in [-0.2, 0) is 22.7 Å². The van der Waals surface area contributed by atoms with Crippen LogP contribution < -0.4 is 11.1 Å². The van der Waals surface area contributed by atoms with Gasteiger partial charge < -0.3 is 15.5 Å². The number of piperidine rings is 1. The van der Waals surface area contributed by atoms with Crippen LogP contribution in [-0.4, -0.2) is 53.7 Å². The lowest BCUT2D eigenvalue weighted by Crippen LogP contribution is -2.52. The Kier molecular flexibility index (Phi) is 4.64. The summed E-state index contributed by atoms with van der Waals surface area (Å²) in [7, 11) is 1.99. The second-order valence-electron chi connectivity index (χ2n) is 6.37. The number of hydrogen-bond donors (Lipinski definition) is 2. The van der Waals surface area contributed by atoms with Gasteiger partial charge in [0.15, 0.2) is 0 Å². The van der Waals surface area contributed by atoms with Crippen molar-refractivity contribution >= 4 is 17.7 Å². The maximum atomic E-state index is 12.7. The lowest BCUT2D eigenvalue weighted by atomic mass is 10.0. The molecule has 24 heavy (non-hydrogen) atoms. The van der Waals surface area contributed by atoms with Gasteiger partial charge in [-0.05, 0) is 30.7 Å². The van der Waals surface area contributed by atoms with E-state index in [4.69, 9.17) is 5.73 Å². The average Bonchev–Trinajstić information content (AvgIpc) is 2.86. The van der Waals surface area contributed by atoms with E-state index >= 15 is 0 Å². The summed E-state index contributed by atoms with van der Waals surface area (Å²) in [5.41, 5.74) is 8.28. The van der Waals surface area contributed by atoms with Crippen molar-refractivity contribution < 1.29 is 14.4 Å². The minimum absolute atomic E-state index is 0.136. The Morgan fingerprint density at radius 1 is 1.33 bits per heavy atom. The Hall–Kier alpha value is -2.25. The fourth-order valence-electron chi connectivity index (χ4n) is 3.39. The number of nitrogens with zero attached hydrogens (tertiary/aromatic N) is 2. The number of rotatable bonds is 5. The number of carbonyl (C=O) groups excluding carboxylic acids is 3. The second kappa shape index (κ2) is 6.70. The summed E-state index contributed by atoms with van der Waals surface area (Å²) >= 11 is 0. The van der Waals surface area contributed by atoms with Crippen LogP contribution in [0.1, 0.15) is 34.3 Å². The van der Waals surface area contributed by atoms with E-state index in [9.17, 15) is 14.4 Å². The molecule has 0 bridgehead atoms. The van der Waals surface area contributed by atoms with Gasteiger partial charge >= 0.3 is 0 Å². The number of carbonyl (C=O) groups is 3. The Bertz CT molecular complexity index is 688. The van der Waals surface area contributed by atoms with Gasteiger partial charge in [0, 0.05) is 38.2 Å². The van der Waals surface area contributed by atoms with Crippen LogP contribution >= 0.6 is 0 Å². The highest BCUT2D eigenvalue weighted by Gasteiger charge is 2.39. The van der Waals surface area contributed by atoms with Crippen molar-refractivity contribution in [1.82, 2.24) is 15.1 Å². The van der Waals surface area contributed by atoms with E-state index in [0.29, 0.717) is 31.6 Å². The molecule has 1 unspecified atom stereocenters. The molecule has 0 radical (unpaired) electrons. The number of likely N-dealkylation sites (N-methyl/N-ethyl adjacent to an activating group) is 1. The summed E-state index contributed by atoms with van der Waals surface area (Å²) in [6.45, 7) is 2.46. The van der Waals surface area contributed by atoms with Crippen LogP contribution in [0.2, 0.25) is 0 Å². The quantitative estimate of drug-likeness (QED) is 0.731. The highest BCUT2D eigenvalue weighted by molar-refractivity contribution is 6.05. The molecule has 0 aliphatic carbocycles. The van der Waals surface area contributed by atoms with E-state index in [1.807, 2.05) is 19.2 Å². The molecule has 3 amide bonds. The first-order chi connectivity index (χ1) is 11.5. The number of nitrogens with two attached hydrogens (primary N) is 1. The number of hydrogen-bond acceptors (Lipinski definition) is 5. The van der Waals surface area contributed by atoms with Crippen LogP contribution in [0.4, 0.5) is 0 Å². The minimum atomic E-state index is -0.572. The minimum Gasteiger partial charge on any atom is -0.329 e. The zero-order chi connectivity index (χ0) is 17.3. The Balaban J connectivity index is 1.82. The largest absolute Gasteiger partial charge is 0.329 e. The van der Waals surface area contributed by atoms with Gasteiger partial charge in [-0.2, -0.15) is 0 Å². The van der Waals surface area contributed by atoms with E-state index in [-0.39, 0.29) is 24.1 Å². The fourth-order valence-corrected chi connectivity index (χ4v) is 3.39. The lowest BCUT2D eigenvalue weighted by Gasteiger charge is -2.29. The van der Waals surface area contributed by atoms with Crippen molar-refractivity contribution in [1.29, 1.82) is 0 Å². The SMILES string of the molecule is CN(CCN)Cc1cccc2c1CN(C1CCC(=O)NC1=O)C2=O. The fraction of sp³-hybridized carbons (Fsp3) is 0.471. The standard InChI is InChI=1S/C17H22N4O3/c1-20(8-7-18)9-11-3-2-4-12-13(11)10-21(17(12)24)14-5-6-15(22)19-16(14)23/h2-4,14H,5-10,18H2,1H3,(H,19,22,23). The topological polar surface area (TPSA) is 95.7 Å². The van der Waals surface area contributed by atoms with Crippen LogP contribution in [0, 0.1) is 0 Å². The first-order valence-electron chi connectivity index (χ1n) is 8.15. The van der Waals surface area contributed by atoms with Crippen molar-refractivity contribution in [3.63, 3.8) is 0 Å². The predicted molar refractivity (Wildman–Crippen MR) is 87.9 cm³/mol. The molecular formula is C17H22N4O3. The van der Waals surface area contributed by atoms with E-state index in [1.165, 1.54) is 0 Å². The zero-order valence-electron chi connectivity index (χ0n) is 13.7. The molecule has 3 N–H and O–H groups in total. The number of benzene rings is 1. The molecule has 2 aliphatic heterocycles. The van der Waals surface area contributed by atoms with Gasteiger partial charge in [-0.3, -0.25) is 19.7 Å². The third kappa shape index (κ3) is 3.05. The van der Waals surface area contributed by atoms with Crippen LogP contribution in [0.15, 0.2) is 18.2 Å². The molecule has 0 spiro atoms. The van der Waals surface area contributed by atoms with Crippen LogP contribution in [0.25, 0.3) is 0 Å². The summed E-state index contributed by atoms with van der Waals surface area (Å²) < 4.78 is 0. The van der Waals surface area contributed by atoms with E-state index in [0.717, 1.165) is 17.7 Å². The van der Waals surface area contributed by atoms with Gasteiger partial charge in [0.05, 0.1) is 0 Å². The molecule has 2 aliphatic rings. The summed E-state index contributed by atoms with van der Waals surface area (Å²) in [6.07, 6.45) is 0.648. The van der Waals surface area contributed by atoms with Gasteiger partial charge in [0.25, 0.3) is 5.91 Å². The molecule has 1 saturated heterocycles. The number of nitrogens with one attached hydrogen (secondary N) is 1. The monoisotopic (exact) mass is 330 g/mol. The van der Waals surface area contributed by atoms with Crippen molar-refractivity contribution in [2.75, 3.05) is 20.1 Å². The van der Waals surface area contributed by atoms with E-state index in [1.54, 1.807) is 11.0 Å². The highest BCUT2D eigenvalue weighted by atomic mass is 16.2. The summed E-state index contributed by atoms with van der Waals surface area (Å²) in [5, 5.41) is 2.32. The van der Waals surface area contributed by atoms with Crippen molar-refractivity contribution in [2.45, 2.75) is 32.0 Å². The maximum Gasteiger partial charge on any atom is 0.255 e. The number of imide groups is 1. The zero-order valence-corrected chi connectivity index (χ0v) is 13.7. The molecule has 7 nitrogen and oxygen atoms in total. The van der Waals surface area contributed by atoms with E-state index in [2.05, 4.69) is 10.2 Å². The van der Waals surface area contributed by atoms with Crippen molar-refractivity contribution in [3.8, 4) is 0 Å². The normalized spacial score (nSPS) is 20.5. The van der Waals surface area contributed by atoms with Crippen LogP contribution in [0.3, 0.4) is 0 Å². The Morgan fingerprint density at radius 2 is 2.12 bits per heavy atom. The Labute approximate surface area is 140 Å². The average molecular weight is 330 g/mol. The smallest absolute Gasteiger partial charge is 0.255 e. The number of amides is 3. The molecule has 3 rings (SSSR count). The molecule has 2 heterocycles. The molecule has 1 fully saturated rings. The number of fused-ring (bicyclic) bond motifs is 1. The first-order valence-corrected chi connectivity index (χ1v) is 8.15. The summed E-state index contributed by atoms with van der Waals surface area (Å²) in [6, 6.07) is 5.11. The Morgan fingerprint density at radius 3 is 2.83 bits per heavy atom. The lowest BCUT2D eigenvalue weighted by molar-refractivity contribution is -0.136. The van der Waals surface area contributed by atoms with Crippen LogP contribution in [0.5, 0.6) is 0 Å². The maximum absolute atomic E-state index is 12.7. The molecule has 0 aromatic heterocycles. The van der Waals surface area contributed by atoms with Gasteiger partial charge in [0.1, 0.15) is 6.04 Å². The van der Waals surface area contributed by atoms with Crippen molar-refractivity contribution in [2.24, 2.45) is 5.73 Å². The molecule has 0 saturated carbocycles. The predicted octanol–water partition coefficient (Wildman–Crippen LogP) is -0.162. The molecule has 1 aromatic carbocycles. The molecule has 7 heteroatoms. The molecule has 1 aromatic rings. The highest BCUT2D eigenvalue weighted by Crippen LogP contribution is 2.30. The first kappa shape index (κ1) is 16.6. The van der Waals surface area contributed by atoms with Gasteiger partial charge in [-0.25, -0.2) is 0 Å². The van der Waals surface area contributed by atoms with E-state index < -0.39 is 6.04 Å². The van der Waals surface area contributed by atoms with Gasteiger partial charge in [-0.15, -0.1) is 0 Å². The summed E-state index contributed by atoms with van der Waals surface area (Å²) in [5.74, 6) is -0.790.